The third-order valence-corrected chi connectivity index (χ3v) is 4.24. The van der Waals surface area contributed by atoms with Crippen LogP contribution in [0.5, 0.6) is 0 Å². The first kappa shape index (κ1) is 15.1. The Morgan fingerprint density at radius 1 is 1.50 bits per heavy atom. The van der Waals surface area contributed by atoms with Crippen molar-refractivity contribution in [2.24, 2.45) is 5.92 Å². The normalized spacial score (nSPS) is 14.1. The molecule has 1 atom stereocenters. The fourth-order valence-electron chi connectivity index (χ4n) is 1.57. The van der Waals surface area contributed by atoms with Crippen LogP contribution in [0.3, 0.4) is 0 Å². The minimum Gasteiger partial charge on any atom is -0.395 e. The zero-order chi connectivity index (χ0) is 13.9. The molecule has 0 saturated heterocycles. The van der Waals surface area contributed by atoms with E-state index in [4.69, 9.17) is 5.11 Å². The Morgan fingerprint density at radius 3 is 2.50 bits per heavy atom. The molecule has 6 nitrogen and oxygen atoms in total. The maximum absolute atomic E-state index is 12.1. The summed E-state index contributed by atoms with van der Waals surface area (Å²) in [6.07, 6.45) is 1.51. The molecule has 7 heteroatoms. The standard InChI is InChI=1S/C11H21N3O3S/c1-5-14-6-11(12-9(14)4)18(16,17)13-10(7-15)8(2)3/h6,8,10,13,15H,5,7H2,1-4H3/t10-/m1/s1. The largest absolute Gasteiger partial charge is 0.395 e. The molecule has 0 amide bonds. The summed E-state index contributed by atoms with van der Waals surface area (Å²) < 4.78 is 28.4. The summed E-state index contributed by atoms with van der Waals surface area (Å²) in [5.41, 5.74) is 0. The highest BCUT2D eigenvalue weighted by Gasteiger charge is 2.24. The Kier molecular flexibility index (Phi) is 4.89. The highest BCUT2D eigenvalue weighted by molar-refractivity contribution is 7.89. The SMILES string of the molecule is CCn1cc(S(=O)(=O)N[C@H](CO)C(C)C)nc1C. The van der Waals surface area contributed by atoms with Crippen LogP contribution in [0.1, 0.15) is 26.6 Å². The minimum atomic E-state index is -3.67. The average Bonchev–Trinajstić information content (AvgIpc) is 2.68. The van der Waals surface area contributed by atoms with Crippen LogP contribution in [0.15, 0.2) is 11.2 Å². The molecule has 104 valence electrons. The van der Waals surface area contributed by atoms with E-state index in [1.165, 1.54) is 6.20 Å². The van der Waals surface area contributed by atoms with Crippen molar-refractivity contribution in [3.05, 3.63) is 12.0 Å². The number of aromatic nitrogens is 2. The molecule has 0 aliphatic rings. The van der Waals surface area contributed by atoms with Crippen LogP contribution in [0, 0.1) is 12.8 Å². The first-order valence-corrected chi connectivity index (χ1v) is 7.47. The predicted molar refractivity (Wildman–Crippen MR) is 68.7 cm³/mol. The first-order valence-electron chi connectivity index (χ1n) is 5.98. The van der Waals surface area contributed by atoms with Gasteiger partial charge < -0.3 is 9.67 Å². The van der Waals surface area contributed by atoms with Gasteiger partial charge in [-0.25, -0.2) is 18.1 Å². The van der Waals surface area contributed by atoms with Gasteiger partial charge in [0.15, 0.2) is 5.03 Å². The summed E-state index contributed by atoms with van der Waals surface area (Å²) in [5.74, 6) is 0.669. The quantitative estimate of drug-likeness (QED) is 0.792. The number of hydrogen-bond donors (Lipinski definition) is 2. The van der Waals surface area contributed by atoms with Crippen LogP contribution in [-0.4, -0.2) is 35.7 Å². The molecule has 0 aliphatic carbocycles. The third kappa shape index (κ3) is 3.30. The van der Waals surface area contributed by atoms with Gasteiger partial charge in [0.05, 0.1) is 6.61 Å². The number of aryl methyl sites for hydroxylation is 2. The zero-order valence-electron chi connectivity index (χ0n) is 11.2. The molecule has 1 heterocycles. The number of sulfonamides is 1. The number of aliphatic hydroxyl groups excluding tert-OH is 1. The van der Waals surface area contributed by atoms with Gasteiger partial charge >= 0.3 is 0 Å². The van der Waals surface area contributed by atoms with Crippen LogP contribution in [0.2, 0.25) is 0 Å². The van der Waals surface area contributed by atoms with Gasteiger partial charge in [-0.2, -0.15) is 0 Å². The van der Waals surface area contributed by atoms with Crippen LogP contribution in [0.25, 0.3) is 0 Å². The van der Waals surface area contributed by atoms with Gasteiger partial charge in [-0.1, -0.05) is 13.8 Å². The maximum atomic E-state index is 12.1. The van der Waals surface area contributed by atoms with Crippen LogP contribution in [0.4, 0.5) is 0 Å². The minimum absolute atomic E-state index is 0.000880. The van der Waals surface area contributed by atoms with E-state index in [1.54, 1.807) is 11.5 Å². The molecular formula is C11H21N3O3S. The monoisotopic (exact) mass is 275 g/mol. The molecule has 1 aromatic heterocycles. The molecule has 0 aromatic carbocycles. The molecule has 18 heavy (non-hydrogen) atoms. The molecule has 0 unspecified atom stereocenters. The van der Waals surface area contributed by atoms with E-state index >= 15 is 0 Å². The Bertz CT molecular complexity index is 494. The second kappa shape index (κ2) is 5.81. The fourth-order valence-corrected chi connectivity index (χ4v) is 2.96. The van der Waals surface area contributed by atoms with E-state index < -0.39 is 16.1 Å². The van der Waals surface area contributed by atoms with Crippen molar-refractivity contribution in [1.29, 1.82) is 0 Å². The lowest BCUT2D eigenvalue weighted by molar-refractivity contribution is 0.227. The van der Waals surface area contributed by atoms with Gasteiger partial charge in [-0.15, -0.1) is 0 Å². The van der Waals surface area contributed by atoms with E-state index in [0.29, 0.717) is 12.4 Å². The van der Waals surface area contributed by atoms with E-state index in [1.807, 2.05) is 20.8 Å². The first-order chi connectivity index (χ1) is 8.31. The Labute approximate surface area is 108 Å². The third-order valence-electron chi connectivity index (χ3n) is 2.88. The molecule has 0 bridgehead atoms. The van der Waals surface area contributed by atoms with Gasteiger partial charge in [-0.3, -0.25) is 0 Å². The van der Waals surface area contributed by atoms with E-state index in [0.717, 1.165) is 0 Å². The fraction of sp³-hybridized carbons (Fsp3) is 0.727. The van der Waals surface area contributed by atoms with E-state index in [-0.39, 0.29) is 17.6 Å². The summed E-state index contributed by atoms with van der Waals surface area (Å²) in [4.78, 5) is 4.03. The Morgan fingerprint density at radius 2 is 2.11 bits per heavy atom. The van der Waals surface area contributed by atoms with Gasteiger partial charge in [0.25, 0.3) is 10.0 Å². The summed E-state index contributed by atoms with van der Waals surface area (Å²) in [6, 6.07) is -0.498. The number of nitrogens with one attached hydrogen (secondary N) is 1. The second-order valence-electron chi connectivity index (χ2n) is 4.57. The number of aliphatic hydroxyl groups is 1. The highest BCUT2D eigenvalue weighted by atomic mass is 32.2. The molecule has 2 N–H and O–H groups in total. The average molecular weight is 275 g/mol. The number of hydrogen-bond acceptors (Lipinski definition) is 4. The van der Waals surface area contributed by atoms with Crippen LogP contribution in [-0.2, 0) is 16.6 Å². The molecule has 0 saturated carbocycles. The number of imidazole rings is 1. The van der Waals surface area contributed by atoms with E-state index in [9.17, 15) is 8.42 Å². The van der Waals surface area contributed by atoms with Crippen LogP contribution < -0.4 is 4.72 Å². The van der Waals surface area contributed by atoms with Crippen molar-refractivity contribution in [1.82, 2.24) is 14.3 Å². The molecular weight excluding hydrogens is 254 g/mol. The summed E-state index contributed by atoms with van der Waals surface area (Å²) >= 11 is 0. The number of rotatable bonds is 6. The molecule has 0 spiro atoms. The molecule has 0 aliphatic heterocycles. The van der Waals surface area contributed by atoms with E-state index in [2.05, 4.69) is 9.71 Å². The lowest BCUT2D eigenvalue weighted by Crippen LogP contribution is -2.41. The van der Waals surface area contributed by atoms with Crippen molar-refractivity contribution in [3.8, 4) is 0 Å². The van der Waals surface area contributed by atoms with Gasteiger partial charge in [0, 0.05) is 18.8 Å². The maximum Gasteiger partial charge on any atom is 0.259 e. The molecule has 1 rings (SSSR count). The van der Waals surface area contributed by atoms with Gasteiger partial charge in [0.1, 0.15) is 5.82 Å². The Balaban J connectivity index is 2.98. The van der Waals surface area contributed by atoms with Crippen molar-refractivity contribution in [2.75, 3.05) is 6.61 Å². The van der Waals surface area contributed by atoms with Crippen molar-refractivity contribution < 1.29 is 13.5 Å². The highest BCUT2D eigenvalue weighted by Crippen LogP contribution is 2.11. The Hall–Kier alpha value is -0.920. The van der Waals surface area contributed by atoms with Gasteiger partial charge in [-0.05, 0) is 19.8 Å². The van der Waals surface area contributed by atoms with Crippen LogP contribution >= 0.6 is 0 Å². The summed E-state index contributed by atoms with van der Waals surface area (Å²) in [6.45, 7) is 7.81. The zero-order valence-corrected chi connectivity index (χ0v) is 12.0. The smallest absolute Gasteiger partial charge is 0.259 e. The second-order valence-corrected chi connectivity index (χ2v) is 6.23. The lowest BCUT2D eigenvalue weighted by atomic mass is 10.1. The molecule has 1 aromatic rings. The van der Waals surface area contributed by atoms with Crippen molar-refractivity contribution >= 4 is 10.0 Å². The molecule has 0 fully saturated rings. The summed E-state index contributed by atoms with van der Waals surface area (Å²) in [7, 11) is -3.67. The predicted octanol–water partition coefficient (Wildman–Crippen LogP) is 0.507. The number of nitrogens with zero attached hydrogens (tertiary/aromatic N) is 2. The lowest BCUT2D eigenvalue weighted by Gasteiger charge is -2.18. The van der Waals surface area contributed by atoms with Crippen molar-refractivity contribution in [3.63, 3.8) is 0 Å². The molecule has 0 radical (unpaired) electrons. The topological polar surface area (TPSA) is 84.2 Å². The van der Waals surface area contributed by atoms with Gasteiger partial charge in [0.2, 0.25) is 0 Å². The van der Waals surface area contributed by atoms with Crippen molar-refractivity contribution in [2.45, 2.75) is 45.3 Å². The summed E-state index contributed by atoms with van der Waals surface area (Å²) in [5, 5.41) is 9.16.